The minimum absolute atomic E-state index is 0.679. The zero-order valence-corrected chi connectivity index (χ0v) is 10.4. The molecule has 0 fully saturated rings. The standard InChI is InChI=1S/C7H16S4/c1-6(3-8)10-5-11-7(2)4-9/h6-9H,3-5H2,1-2H3. The zero-order valence-electron chi connectivity index (χ0n) is 6.99. The summed E-state index contributed by atoms with van der Waals surface area (Å²) < 4.78 is 0. The Bertz CT molecular complexity index is 76.5. The van der Waals surface area contributed by atoms with Crippen LogP contribution in [0.3, 0.4) is 0 Å². The van der Waals surface area contributed by atoms with E-state index in [1.54, 1.807) is 0 Å². The van der Waals surface area contributed by atoms with Crippen molar-refractivity contribution in [2.45, 2.75) is 24.3 Å². The molecule has 0 aliphatic heterocycles. The third-order valence-corrected chi connectivity index (χ3v) is 5.37. The quantitative estimate of drug-likeness (QED) is 0.530. The van der Waals surface area contributed by atoms with E-state index in [0.717, 1.165) is 11.5 Å². The topological polar surface area (TPSA) is 0 Å². The summed E-state index contributed by atoms with van der Waals surface area (Å²) >= 11 is 12.4. The van der Waals surface area contributed by atoms with E-state index in [0.29, 0.717) is 10.5 Å². The first-order chi connectivity index (χ1) is 5.20. The average Bonchev–Trinajstić information content (AvgIpc) is 2.04. The summed E-state index contributed by atoms with van der Waals surface area (Å²) in [5.41, 5.74) is 0. The van der Waals surface area contributed by atoms with E-state index in [4.69, 9.17) is 0 Å². The van der Waals surface area contributed by atoms with Gasteiger partial charge in [0, 0.05) is 27.1 Å². The van der Waals surface area contributed by atoms with Gasteiger partial charge >= 0.3 is 0 Å². The molecule has 4 heteroatoms. The smallest absolute Gasteiger partial charge is 0.0398 e. The van der Waals surface area contributed by atoms with Gasteiger partial charge in [-0.3, -0.25) is 0 Å². The molecule has 0 N–H and O–H groups in total. The van der Waals surface area contributed by atoms with Crippen LogP contribution >= 0.6 is 48.8 Å². The van der Waals surface area contributed by atoms with Crippen molar-refractivity contribution in [1.82, 2.24) is 0 Å². The summed E-state index contributed by atoms with van der Waals surface area (Å²) in [6, 6.07) is 0. The maximum Gasteiger partial charge on any atom is 0.0398 e. The van der Waals surface area contributed by atoms with Crippen LogP contribution in [0, 0.1) is 0 Å². The Morgan fingerprint density at radius 1 is 1.00 bits per heavy atom. The summed E-state index contributed by atoms with van der Waals surface area (Å²) in [4.78, 5) is 0. The molecule has 11 heavy (non-hydrogen) atoms. The Balaban J connectivity index is 3.13. The largest absolute Gasteiger partial charge is 0.178 e. The van der Waals surface area contributed by atoms with Crippen molar-refractivity contribution in [2.75, 3.05) is 16.6 Å². The van der Waals surface area contributed by atoms with Gasteiger partial charge in [0.1, 0.15) is 0 Å². The van der Waals surface area contributed by atoms with E-state index in [1.807, 2.05) is 23.5 Å². The van der Waals surface area contributed by atoms with Crippen LogP contribution in [0.4, 0.5) is 0 Å². The van der Waals surface area contributed by atoms with Gasteiger partial charge in [0.2, 0.25) is 0 Å². The first kappa shape index (κ1) is 12.4. The maximum atomic E-state index is 4.22. The molecule has 2 unspecified atom stereocenters. The van der Waals surface area contributed by atoms with Gasteiger partial charge in [-0.2, -0.15) is 25.3 Å². The second-order valence-electron chi connectivity index (χ2n) is 2.44. The summed E-state index contributed by atoms with van der Waals surface area (Å²) in [6.07, 6.45) is 0. The molecule has 68 valence electrons. The van der Waals surface area contributed by atoms with Crippen molar-refractivity contribution in [3.63, 3.8) is 0 Å². The van der Waals surface area contributed by atoms with E-state index in [1.165, 1.54) is 5.08 Å². The molecule has 0 saturated carbocycles. The van der Waals surface area contributed by atoms with Gasteiger partial charge in [0.15, 0.2) is 0 Å². The van der Waals surface area contributed by atoms with Gasteiger partial charge in [0.05, 0.1) is 0 Å². The molecule has 0 nitrogen and oxygen atoms in total. The molecule has 0 amide bonds. The van der Waals surface area contributed by atoms with Crippen LogP contribution in [0.25, 0.3) is 0 Å². The molecular weight excluding hydrogens is 212 g/mol. The third-order valence-electron chi connectivity index (χ3n) is 1.22. The normalized spacial score (nSPS) is 16.4. The summed E-state index contributed by atoms with van der Waals surface area (Å²) in [6.45, 7) is 4.42. The van der Waals surface area contributed by atoms with Gasteiger partial charge < -0.3 is 0 Å². The first-order valence-electron chi connectivity index (χ1n) is 3.65. The zero-order chi connectivity index (χ0) is 8.69. The highest BCUT2D eigenvalue weighted by Crippen LogP contribution is 2.22. The Labute approximate surface area is 89.5 Å². The highest BCUT2D eigenvalue weighted by Gasteiger charge is 2.02. The lowest BCUT2D eigenvalue weighted by molar-refractivity contribution is 1.13. The maximum absolute atomic E-state index is 4.22. The van der Waals surface area contributed by atoms with Crippen LogP contribution < -0.4 is 0 Å². The Morgan fingerprint density at radius 3 is 1.64 bits per heavy atom. The number of rotatable bonds is 6. The molecule has 0 saturated heterocycles. The average molecular weight is 228 g/mol. The SMILES string of the molecule is CC(CS)SCSC(C)CS. The molecule has 0 aromatic heterocycles. The molecule has 0 rings (SSSR count). The van der Waals surface area contributed by atoms with Gasteiger partial charge in [0.25, 0.3) is 0 Å². The van der Waals surface area contributed by atoms with Crippen molar-refractivity contribution in [3.05, 3.63) is 0 Å². The van der Waals surface area contributed by atoms with Crippen LogP contribution in [0.5, 0.6) is 0 Å². The van der Waals surface area contributed by atoms with Crippen molar-refractivity contribution in [1.29, 1.82) is 0 Å². The molecule has 0 bridgehead atoms. The monoisotopic (exact) mass is 228 g/mol. The Kier molecular flexibility index (Phi) is 9.04. The fourth-order valence-electron chi connectivity index (χ4n) is 0.377. The van der Waals surface area contributed by atoms with E-state index in [-0.39, 0.29) is 0 Å². The summed E-state index contributed by atoms with van der Waals surface area (Å²) in [7, 11) is 0. The van der Waals surface area contributed by atoms with Crippen LogP contribution in [0.1, 0.15) is 13.8 Å². The second kappa shape index (κ2) is 8.02. The first-order valence-corrected chi connectivity index (χ1v) is 7.01. The van der Waals surface area contributed by atoms with Gasteiger partial charge in [-0.25, -0.2) is 0 Å². The van der Waals surface area contributed by atoms with E-state index < -0.39 is 0 Å². The van der Waals surface area contributed by atoms with Crippen molar-refractivity contribution < 1.29 is 0 Å². The van der Waals surface area contributed by atoms with E-state index >= 15 is 0 Å². The van der Waals surface area contributed by atoms with Gasteiger partial charge in [-0.05, 0) is 0 Å². The van der Waals surface area contributed by atoms with E-state index in [2.05, 4.69) is 39.1 Å². The lowest BCUT2D eigenvalue weighted by Gasteiger charge is -2.10. The molecule has 0 spiro atoms. The van der Waals surface area contributed by atoms with Gasteiger partial charge in [-0.15, -0.1) is 23.5 Å². The van der Waals surface area contributed by atoms with Crippen LogP contribution in [0.2, 0.25) is 0 Å². The summed E-state index contributed by atoms with van der Waals surface area (Å²) in [5.74, 6) is 1.95. The fourth-order valence-corrected chi connectivity index (χ4v) is 3.39. The number of thiol groups is 2. The number of hydrogen-bond acceptors (Lipinski definition) is 4. The Hall–Kier alpha value is 1.40. The van der Waals surface area contributed by atoms with Crippen LogP contribution in [-0.2, 0) is 0 Å². The molecule has 0 radical (unpaired) electrons. The van der Waals surface area contributed by atoms with E-state index in [9.17, 15) is 0 Å². The molecule has 0 aromatic rings. The second-order valence-corrected chi connectivity index (χ2v) is 6.39. The molecular formula is C7H16S4. The molecule has 0 aromatic carbocycles. The molecule has 0 aliphatic carbocycles. The Morgan fingerprint density at radius 2 is 1.36 bits per heavy atom. The van der Waals surface area contributed by atoms with Gasteiger partial charge in [-0.1, -0.05) is 13.8 Å². The van der Waals surface area contributed by atoms with Crippen molar-refractivity contribution >= 4 is 48.8 Å². The molecule has 0 heterocycles. The number of thioether (sulfide) groups is 2. The minimum Gasteiger partial charge on any atom is -0.178 e. The summed E-state index contributed by atoms with van der Waals surface area (Å²) in [5, 5.41) is 2.53. The third kappa shape index (κ3) is 7.75. The highest BCUT2D eigenvalue weighted by molar-refractivity contribution is 8.16. The van der Waals surface area contributed by atoms with Crippen molar-refractivity contribution in [3.8, 4) is 0 Å². The van der Waals surface area contributed by atoms with Crippen LogP contribution in [-0.4, -0.2) is 27.1 Å². The molecule has 0 aliphatic rings. The predicted octanol–water partition coefficient (Wildman–Crippen LogP) is 3.05. The highest BCUT2D eigenvalue weighted by atomic mass is 32.2. The lowest BCUT2D eigenvalue weighted by atomic mass is 10.6. The minimum atomic E-state index is 0.679. The van der Waals surface area contributed by atoms with Crippen molar-refractivity contribution in [2.24, 2.45) is 0 Å². The lowest BCUT2D eigenvalue weighted by Crippen LogP contribution is -2.01. The van der Waals surface area contributed by atoms with Crippen LogP contribution in [0.15, 0.2) is 0 Å². The predicted molar refractivity (Wildman–Crippen MR) is 66.7 cm³/mol. The molecule has 2 atom stereocenters. The fraction of sp³-hybridized carbons (Fsp3) is 1.00. The number of hydrogen-bond donors (Lipinski definition) is 2.